The van der Waals surface area contributed by atoms with E-state index in [1.807, 2.05) is 12.1 Å². The predicted octanol–water partition coefficient (Wildman–Crippen LogP) is 5.03. The summed E-state index contributed by atoms with van der Waals surface area (Å²) in [7, 11) is 2.94. The molecule has 4 rings (SSSR count). The third-order valence-corrected chi connectivity index (χ3v) is 5.26. The van der Waals surface area contributed by atoms with E-state index in [4.69, 9.17) is 18.9 Å². The Bertz CT molecular complexity index is 1280. The standard InChI is InChI=1S/C25H18BrNO6/c1-30-20-6-4-3-5-18(20)24(28)32-21-12-7-15(14-22(21)31-2)13-19-25(29)33-23(27-19)16-8-10-17(26)11-9-16/h3-14H,1-2H3. The van der Waals surface area contributed by atoms with Crippen LogP contribution in [0.4, 0.5) is 0 Å². The van der Waals surface area contributed by atoms with Crippen molar-refractivity contribution >= 4 is 39.8 Å². The fraction of sp³-hybridized carbons (Fsp3) is 0.0800. The number of benzene rings is 3. The predicted molar refractivity (Wildman–Crippen MR) is 126 cm³/mol. The van der Waals surface area contributed by atoms with Crippen LogP contribution in [0, 0.1) is 0 Å². The molecular formula is C25H18BrNO6. The Morgan fingerprint density at radius 3 is 2.39 bits per heavy atom. The first-order valence-electron chi connectivity index (χ1n) is 9.80. The molecule has 0 aliphatic carbocycles. The van der Waals surface area contributed by atoms with E-state index in [0.717, 1.165) is 4.47 Å². The van der Waals surface area contributed by atoms with E-state index >= 15 is 0 Å². The van der Waals surface area contributed by atoms with E-state index in [9.17, 15) is 9.59 Å². The molecule has 0 unspecified atom stereocenters. The van der Waals surface area contributed by atoms with E-state index in [1.165, 1.54) is 14.2 Å². The van der Waals surface area contributed by atoms with Crippen LogP contribution in [0.3, 0.4) is 0 Å². The molecule has 33 heavy (non-hydrogen) atoms. The number of para-hydroxylation sites is 1. The Morgan fingerprint density at radius 1 is 0.939 bits per heavy atom. The number of halogens is 1. The van der Waals surface area contributed by atoms with E-state index in [0.29, 0.717) is 22.6 Å². The number of ether oxygens (including phenoxy) is 4. The molecule has 3 aromatic rings. The van der Waals surface area contributed by atoms with Gasteiger partial charge in [0.2, 0.25) is 5.90 Å². The quantitative estimate of drug-likeness (QED) is 0.264. The minimum Gasteiger partial charge on any atom is -0.496 e. The number of carbonyl (C=O) groups excluding carboxylic acids is 2. The van der Waals surface area contributed by atoms with Crippen LogP contribution in [0.1, 0.15) is 21.5 Å². The molecule has 1 heterocycles. The van der Waals surface area contributed by atoms with Gasteiger partial charge in [0.1, 0.15) is 11.3 Å². The molecule has 7 nitrogen and oxygen atoms in total. The zero-order chi connectivity index (χ0) is 23.4. The number of rotatable bonds is 6. The average Bonchev–Trinajstić information content (AvgIpc) is 3.20. The first-order chi connectivity index (χ1) is 16.0. The first kappa shape index (κ1) is 22.3. The van der Waals surface area contributed by atoms with Gasteiger partial charge >= 0.3 is 11.9 Å². The van der Waals surface area contributed by atoms with Crippen molar-refractivity contribution in [2.75, 3.05) is 14.2 Å². The van der Waals surface area contributed by atoms with Gasteiger partial charge in [0.25, 0.3) is 0 Å². The Labute approximate surface area is 198 Å². The number of carbonyl (C=O) groups is 2. The molecule has 0 atom stereocenters. The third-order valence-electron chi connectivity index (χ3n) is 4.73. The summed E-state index contributed by atoms with van der Waals surface area (Å²) >= 11 is 3.37. The smallest absolute Gasteiger partial charge is 0.363 e. The highest BCUT2D eigenvalue weighted by atomic mass is 79.9. The van der Waals surface area contributed by atoms with Crippen molar-refractivity contribution in [2.45, 2.75) is 0 Å². The van der Waals surface area contributed by atoms with Crippen LogP contribution in [0.5, 0.6) is 17.2 Å². The zero-order valence-corrected chi connectivity index (χ0v) is 19.3. The number of hydrogen-bond acceptors (Lipinski definition) is 7. The number of aliphatic imine (C=N–C) groups is 1. The van der Waals surface area contributed by atoms with Crippen LogP contribution >= 0.6 is 15.9 Å². The van der Waals surface area contributed by atoms with Crippen molar-refractivity contribution in [3.05, 3.63) is 93.6 Å². The Balaban J connectivity index is 1.58. The summed E-state index contributed by atoms with van der Waals surface area (Å²) in [6.45, 7) is 0. The molecule has 0 amide bonds. The first-order valence-corrected chi connectivity index (χ1v) is 10.6. The lowest BCUT2D eigenvalue weighted by Gasteiger charge is -2.11. The zero-order valence-electron chi connectivity index (χ0n) is 17.7. The SMILES string of the molecule is COc1cc(C=C2N=C(c3ccc(Br)cc3)OC2=O)ccc1OC(=O)c1ccccc1OC. The number of nitrogens with zero attached hydrogens (tertiary/aromatic N) is 1. The van der Waals surface area contributed by atoms with Gasteiger partial charge in [-0.2, -0.15) is 0 Å². The fourth-order valence-corrected chi connectivity index (χ4v) is 3.37. The highest BCUT2D eigenvalue weighted by Crippen LogP contribution is 2.31. The highest BCUT2D eigenvalue weighted by Gasteiger charge is 2.24. The molecule has 0 aromatic heterocycles. The normalized spacial score (nSPS) is 14.0. The summed E-state index contributed by atoms with van der Waals surface area (Å²) in [5, 5.41) is 0. The molecule has 0 saturated heterocycles. The van der Waals surface area contributed by atoms with E-state index in [-0.39, 0.29) is 22.9 Å². The molecule has 0 fully saturated rings. The molecule has 3 aromatic carbocycles. The number of esters is 2. The minimum atomic E-state index is -0.583. The Kier molecular flexibility index (Phi) is 6.55. The van der Waals surface area contributed by atoms with Crippen molar-refractivity contribution in [3.63, 3.8) is 0 Å². The largest absolute Gasteiger partial charge is 0.496 e. The Hall–Kier alpha value is -3.91. The summed E-state index contributed by atoms with van der Waals surface area (Å²) in [6, 6.07) is 18.9. The minimum absolute atomic E-state index is 0.147. The van der Waals surface area contributed by atoms with Gasteiger partial charge in [0.15, 0.2) is 17.2 Å². The van der Waals surface area contributed by atoms with Crippen LogP contribution in [0.15, 0.2) is 81.9 Å². The van der Waals surface area contributed by atoms with Gasteiger partial charge in [-0.25, -0.2) is 14.6 Å². The highest BCUT2D eigenvalue weighted by molar-refractivity contribution is 9.10. The molecule has 166 valence electrons. The van der Waals surface area contributed by atoms with Gasteiger partial charge < -0.3 is 18.9 Å². The van der Waals surface area contributed by atoms with Gasteiger partial charge in [-0.15, -0.1) is 0 Å². The topological polar surface area (TPSA) is 83.4 Å². The second-order valence-electron chi connectivity index (χ2n) is 6.84. The Morgan fingerprint density at radius 2 is 1.67 bits per heavy atom. The molecule has 8 heteroatoms. The van der Waals surface area contributed by atoms with Crippen molar-refractivity contribution < 1.29 is 28.5 Å². The van der Waals surface area contributed by atoms with Gasteiger partial charge in [0.05, 0.1) is 14.2 Å². The second-order valence-corrected chi connectivity index (χ2v) is 7.76. The van der Waals surface area contributed by atoms with Gasteiger partial charge in [-0.1, -0.05) is 34.1 Å². The summed E-state index contributed by atoms with van der Waals surface area (Å²) in [5.41, 5.74) is 1.74. The van der Waals surface area contributed by atoms with Gasteiger partial charge in [-0.05, 0) is 60.2 Å². The molecule has 0 spiro atoms. The monoisotopic (exact) mass is 507 g/mol. The third kappa shape index (κ3) is 4.96. The molecule has 0 N–H and O–H groups in total. The van der Waals surface area contributed by atoms with Crippen LogP contribution in [0.25, 0.3) is 6.08 Å². The number of cyclic esters (lactones) is 1. The molecule has 0 radical (unpaired) electrons. The summed E-state index contributed by atoms with van der Waals surface area (Å²) in [5.74, 6) is 0.0355. The van der Waals surface area contributed by atoms with Crippen LogP contribution in [0.2, 0.25) is 0 Å². The maximum Gasteiger partial charge on any atom is 0.363 e. The molecular weight excluding hydrogens is 490 g/mol. The second kappa shape index (κ2) is 9.70. The van der Waals surface area contributed by atoms with Crippen LogP contribution in [-0.4, -0.2) is 32.1 Å². The van der Waals surface area contributed by atoms with E-state index in [1.54, 1.807) is 60.7 Å². The number of hydrogen-bond donors (Lipinski definition) is 0. The number of methoxy groups -OCH3 is 2. The van der Waals surface area contributed by atoms with E-state index < -0.39 is 11.9 Å². The maximum atomic E-state index is 12.6. The van der Waals surface area contributed by atoms with Crippen LogP contribution in [-0.2, 0) is 9.53 Å². The molecule has 1 aliphatic rings. The van der Waals surface area contributed by atoms with Gasteiger partial charge in [0, 0.05) is 10.0 Å². The van der Waals surface area contributed by atoms with E-state index in [2.05, 4.69) is 20.9 Å². The lowest BCUT2D eigenvalue weighted by Crippen LogP contribution is -2.10. The maximum absolute atomic E-state index is 12.6. The molecule has 1 aliphatic heterocycles. The van der Waals surface area contributed by atoms with Crippen molar-refractivity contribution in [1.82, 2.24) is 0 Å². The van der Waals surface area contributed by atoms with Crippen molar-refractivity contribution in [1.29, 1.82) is 0 Å². The van der Waals surface area contributed by atoms with Crippen molar-refractivity contribution in [3.8, 4) is 17.2 Å². The lowest BCUT2D eigenvalue weighted by atomic mass is 10.1. The fourth-order valence-electron chi connectivity index (χ4n) is 3.11. The van der Waals surface area contributed by atoms with Crippen LogP contribution < -0.4 is 14.2 Å². The summed E-state index contributed by atoms with van der Waals surface area (Å²) in [4.78, 5) is 29.2. The molecule has 0 saturated carbocycles. The van der Waals surface area contributed by atoms with Gasteiger partial charge in [-0.3, -0.25) is 0 Å². The molecule has 0 bridgehead atoms. The average molecular weight is 508 g/mol. The summed E-state index contributed by atoms with van der Waals surface area (Å²) in [6.07, 6.45) is 1.57. The lowest BCUT2D eigenvalue weighted by molar-refractivity contribution is -0.129. The van der Waals surface area contributed by atoms with Crippen molar-refractivity contribution in [2.24, 2.45) is 4.99 Å². The summed E-state index contributed by atoms with van der Waals surface area (Å²) < 4.78 is 22.3.